The first kappa shape index (κ1) is 12.7. The van der Waals surface area contributed by atoms with E-state index in [1.165, 1.54) is 5.56 Å². The Bertz CT molecular complexity index is 522. The summed E-state index contributed by atoms with van der Waals surface area (Å²) in [5.41, 5.74) is 2.30. The molecule has 1 atom stereocenters. The Labute approximate surface area is 118 Å². The number of benzene rings is 1. The van der Waals surface area contributed by atoms with Gasteiger partial charge in [0.15, 0.2) is 4.67 Å². The number of halogens is 2. The Hall–Kier alpha value is -0.740. The molecule has 2 aromatic rings. The predicted octanol–water partition coefficient (Wildman–Crippen LogP) is 5.29. The summed E-state index contributed by atoms with van der Waals surface area (Å²) >= 11 is 6.80. The summed E-state index contributed by atoms with van der Waals surface area (Å²) in [6.07, 6.45) is 0. The summed E-state index contributed by atoms with van der Waals surface area (Å²) in [7, 11) is 0. The third-order valence-corrected chi connectivity index (χ3v) is 3.88. The second kappa shape index (κ2) is 5.27. The van der Waals surface area contributed by atoms with E-state index in [-0.39, 0.29) is 6.04 Å². The van der Waals surface area contributed by atoms with Gasteiger partial charge in [0.25, 0.3) is 0 Å². The van der Waals surface area contributed by atoms with Gasteiger partial charge < -0.3 is 9.73 Å². The van der Waals surface area contributed by atoms with Crippen molar-refractivity contribution in [2.24, 2.45) is 0 Å². The number of rotatable bonds is 3. The first-order valence-corrected chi connectivity index (χ1v) is 6.93. The van der Waals surface area contributed by atoms with E-state index in [0.717, 1.165) is 20.6 Å². The van der Waals surface area contributed by atoms with Crippen LogP contribution in [0.3, 0.4) is 0 Å². The average Bonchev–Trinajstić information content (AvgIpc) is 2.70. The SMILES string of the molecule is Cc1cc(NC(C)c2ccc(Br)o2)ccc1Br. The third-order valence-electron chi connectivity index (χ3n) is 2.56. The van der Waals surface area contributed by atoms with Crippen molar-refractivity contribution in [1.29, 1.82) is 0 Å². The zero-order chi connectivity index (χ0) is 12.4. The predicted molar refractivity (Wildman–Crippen MR) is 77.3 cm³/mol. The molecule has 0 bridgehead atoms. The Morgan fingerprint density at radius 2 is 1.94 bits per heavy atom. The first-order valence-electron chi connectivity index (χ1n) is 5.34. The molecule has 90 valence electrons. The summed E-state index contributed by atoms with van der Waals surface area (Å²) in [6.45, 7) is 4.14. The van der Waals surface area contributed by atoms with Gasteiger partial charge in [-0.15, -0.1) is 0 Å². The Balaban J connectivity index is 2.12. The molecular weight excluding hydrogens is 346 g/mol. The molecule has 0 spiro atoms. The Morgan fingerprint density at radius 3 is 2.53 bits per heavy atom. The highest BCUT2D eigenvalue weighted by Crippen LogP contribution is 2.26. The molecule has 17 heavy (non-hydrogen) atoms. The molecule has 4 heteroatoms. The number of aryl methyl sites for hydroxylation is 1. The van der Waals surface area contributed by atoms with Crippen molar-refractivity contribution in [3.63, 3.8) is 0 Å². The lowest BCUT2D eigenvalue weighted by molar-refractivity contribution is 0.471. The lowest BCUT2D eigenvalue weighted by Crippen LogP contribution is -2.05. The third kappa shape index (κ3) is 3.13. The second-order valence-electron chi connectivity index (χ2n) is 3.97. The van der Waals surface area contributed by atoms with Crippen LogP contribution < -0.4 is 5.32 Å². The monoisotopic (exact) mass is 357 g/mol. The van der Waals surface area contributed by atoms with Crippen LogP contribution in [0.1, 0.15) is 24.3 Å². The van der Waals surface area contributed by atoms with Gasteiger partial charge in [0.05, 0.1) is 6.04 Å². The topological polar surface area (TPSA) is 25.2 Å². The molecule has 1 unspecified atom stereocenters. The van der Waals surface area contributed by atoms with Crippen LogP contribution in [-0.2, 0) is 0 Å². The van der Waals surface area contributed by atoms with Crippen LogP contribution in [0.4, 0.5) is 5.69 Å². The lowest BCUT2D eigenvalue weighted by atomic mass is 10.2. The van der Waals surface area contributed by atoms with Gasteiger partial charge in [-0.05, 0) is 65.7 Å². The molecule has 2 rings (SSSR count). The van der Waals surface area contributed by atoms with Gasteiger partial charge in [-0.1, -0.05) is 15.9 Å². The van der Waals surface area contributed by atoms with Crippen LogP contribution in [-0.4, -0.2) is 0 Å². The summed E-state index contributed by atoms with van der Waals surface area (Å²) in [6, 6.07) is 10.2. The number of hydrogen-bond donors (Lipinski definition) is 1. The minimum absolute atomic E-state index is 0.141. The van der Waals surface area contributed by atoms with Gasteiger partial charge in [-0.2, -0.15) is 0 Å². The highest BCUT2D eigenvalue weighted by Gasteiger charge is 2.09. The van der Waals surface area contributed by atoms with Crippen LogP contribution >= 0.6 is 31.9 Å². The highest BCUT2D eigenvalue weighted by molar-refractivity contribution is 9.10. The fraction of sp³-hybridized carbons (Fsp3) is 0.231. The van der Waals surface area contributed by atoms with Gasteiger partial charge in [0, 0.05) is 10.2 Å². The molecule has 1 N–H and O–H groups in total. The number of nitrogens with one attached hydrogen (secondary N) is 1. The summed E-state index contributed by atoms with van der Waals surface area (Å²) in [5.74, 6) is 0.914. The van der Waals surface area contributed by atoms with E-state index in [1.807, 2.05) is 24.3 Å². The van der Waals surface area contributed by atoms with Crippen molar-refractivity contribution >= 4 is 37.5 Å². The fourth-order valence-electron chi connectivity index (χ4n) is 1.62. The van der Waals surface area contributed by atoms with Crippen molar-refractivity contribution in [2.75, 3.05) is 5.32 Å². The zero-order valence-corrected chi connectivity index (χ0v) is 12.8. The van der Waals surface area contributed by atoms with Gasteiger partial charge in [0.1, 0.15) is 5.76 Å². The highest BCUT2D eigenvalue weighted by atomic mass is 79.9. The van der Waals surface area contributed by atoms with Gasteiger partial charge in [-0.3, -0.25) is 0 Å². The maximum atomic E-state index is 5.52. The number of hydrogen-bond acceptors (Lipinski definition) is 2. The molecule has 1 aromatic carbocycles. The van der Waals surface area contributed by atoms with Crippen molar-refractivity contribution in [3.05, 3.63) is 50.8 Å². The molecule has 0 aliphatic carbocycles. The van der Waals surface area contributed by atoms with Gasteiger partial charge >= 0.3 is 0 Å². The number of anilines is 1. The van der Waals surface area contributed by atoms with Crippen LogP contribution in [0.2, 0.25) is 0 Å². The maximum Gasteiger partial charge on any atom is 0.169 e. The van der Waals surface area contributed by atoms with Gasteiger partial charge in [0.2, 0.25) is 0 Å². The fourth-order valence-corrected chi connectivity index (χ4v) is 2.18. The molecule has 0 aliphatic rings. The standard InChI is InChI=1S/C13H13Br2NO/c1-8-7-10(3-4-11(8)14)16-9(2)12-5-6-13(15)17-12/h3-7,9,16H,1-2H3. The molecule has 1 heterocycles. The van der Waals surface area contributed by atoms with E-state index in [9.17, 15) is 0 Å². The lowest BCUT2D eigenvalue weighted by Gasteiger charge is -2.13. The molecule has 0 radical (unpaired) electrons. The van der Waals surface area contributed by atoms with Crippen molar-refractivity contribution in [2.45, 2.75) is 19.9 Å². The Morgan fingerprint density at radius 1 is 1.18 bits per heavy atom. The van der Waals surface area contributed by atoms with E-state index in [2.05, 4.69) is 57.1 Å². The van der Waals surface area contributed by atoms with E-state index in [0.29, 0.717) is 0 Å². The summed E-state index contributed by atoms with van der Waals surface area (Å²) in [4.78, 5) is 0. The molecule has 2 nitrogen and oxygen atoms in total. The van der Waals surface area contributed by atoms with Crippen LogP contribution in [0.25, 0.3) is 0 Å². The maximum absolute atomic E-state index is 5.52. The van der Waals surface area contributed by atoms with Gasteiger partial charge in [-0.25, -0.2) is 0 Å². The largest absolute Gasteiger partial charge is 0.452 e. The van der Waals surface area contributed by atoms with Crippen LogP contribution in [0.15, 0.2) is 43.9 Å². The Kier molecular flexibility index (Phi) is 3.94. The van der Waals surface area contributed by atoms with E-state index in [4.69, 9.17) is 4.42 Å². The molecule has 0 saturated heterocycles. The first-order chi connectivity index (χ1) is 8.06. The molecule has 1 aromatic heterocycles. The minimum atomic E-state index is 0.141. The van der Waals surface area contributed by atoms with Crippen molar-refractivity contribution in [3.8, 4) is 0 Å². The summed E-state index contributed by atoms with van der Waals surface area (Å²) < 4.78 is 7.40. The molecule has 0 aliphatic heterocycles. The van der Waals surface area contributed by atoms with E-state index in [1.54, 1.807) is 0 Å². The minimum Gasteiger partial charge on any atom is -0.452 e. The van der Waals surface area contributed by atoms with E-state index >= 15 is 0 Å². The average molecular weight is 359 g/mol. The molecule has 0 amide bonds. The molecular formula is C13H13Br2NO. The van der Waals surface area contributed by atoms with E-state index < -0.39 is 0 Å². The quantitative estimate of drug-likeness (QED) is 0.806. The smallest absolute Gasteiger partial charge is 0.169 e. The molecule has 0 fully saturated rings. The van der Waals surface area contributed by atoms with Crippen LogP contribution in [0.5, 0.6) is 0 Å². The molecule has 0 saturated carbocycles. The zero-order valence-electron chi connectivity index (χ0n) is 9.63. The second-order valence-corrected chi connectivity index (χ2v) is 5.61. The number of furan rings is 1. The van der Waals surface area contributed by atoms with Crippen molar-refractivity contribution in [1.82, 2.24) is 0 Å². The van der Waals surface area contributed by atoms with Crippen molar-refractivity contribution < 1.29 is 4.42 Å². The summed E-state index contributed by atoms with van der Waals surface area (Å²) in [5, 5.41) is 3.40. The van der Waals surface area contributed by atoms with Crippen LogP contribution in [0, 0.1) is 6.92 Å². The normalized spacial score (nSPS) is 12.5.